The highest BCUT2D eigenvalue weighted by molar-refractivity contribution is 7.80. The average molecular weight is 351 g/mol. The van der Waals surface area contributed by atoms with E-state index in [0.29, 0.717) is 5.75 Å². The molecule has 0 heterocycles. The Bertz CT molecular complexity index is 416. The summed E-state index contributed by atoms with van der Waals surface area (Å²) in [6.07, 6.45) is 20.5. The Hall–Kier alpha value is -0.630. The van der Waals surface area contributed by atoms with Gasteiger partial charge >= 0.3 is 0 Å². The second kappa shape index (κ2) is 14.7. The molecule has 0 aromatic heterocycles. The summed E-state index contributed by atoms with van der Waals surface area (Å²) in [4.78, 5) is 0.757. The maximum Gasteiger partial charge on any atom is 0.129 e. The molecule has 0 aliphatic heterocycles. The summed E-state index contributed by atoms with van der Waals surface area (Å²) in [6, 6.07) is 5.69. The summed E-state index contributed by atoms with van der Waals surface area (Å²) in [6.45, 7) is 2.28. The van der Waals surface area contributed by atoms with Crippen LogP contribution in [-0.4, -0.2) is 5.11 Å². The average Bonchev–Trinajstić information content (AvgIpc) is 2.58. The monoisotopic (exact) mass is 350 g/mol. The quantitative estimate of drug-likeness (QED) is 0.245. The van der Waals surface area contributed by atoms with Crippen molar-refractivity contribution in [3.63, 3.8) is 0 Å². The van der Waals surface area contributed by atoms with E-state index >= 15 is 0 Å². The first-order valence-corrected chi connectivity index (χ1v) is 10.7. The largest absolute Gasteiger partial charge is 0.507 e. The third kappa shape index (κ3) is 10.3. The van der Waals surface area contributed by atoms with E-state index < -0.39 is 0 Å². The molecule has 0 atom stereocenters. The molecule has 0 spiro atoms. The van der Waals surface area contributed by atoms with Crippen molar-refractivity contribution in [2.24, 2.45) is 0 Å². The van der Waals surface area contributed by atoms with Gasteiger partial charge in [-0.2, -0.15) is 0 Å². The first kappa shape index (κ1) is 21.4. The summed E-state index contributed by atoms with van der Waals surface area (Å²) < 4.78 is 0. The fourth-order valence-electron chi connectivity index (χ4n) is 3.29. The van der Waals surface area contributed by atoms with E-state index in [4.69, 9.17) is 0 Å². The Balaban J connectivity index is 1.85. The molecule has 1 nitrogen and oxygen atoms in total. The molecule has 0 aliphatic carbocycles. The van der Waals surface area contributed by atoms with Gasteiger partial charge in [0, 0.05) is 4.90 Å². The highest BCUT2D eigenvalue weighted by Crippen LogP contribution is 2.26. The minimum absolute atomic E-state index is 0.307. The Labute approximate surface area is 155 Å². The van der Waals surface area contributed by atoms with E-state index in [1.807, 2.05) is 6.07 Å². The van der Waals surface area contributed by atoms with Crippen LogP contribution in [0, 0.1) is 0 Å². The maximum absolute atomic E-state index is 9.64. The molecule has 1 aromatic rings. The van der Waals surface area contributed by atoms with Gasteiger partial charge in [-0.3, -0.25) is 0 Å². The Morgan fingerprint density at radius 1 is 0.708 bits per heavy atom. The number of hydrogen-bond acceptors (Lipinski definition) is 2. The zero-order valence-electron chi connectivity index (χ0n) is 15.7. The summed E-state index contributed by atoms with van der Waals surface area (Å²) >= 11 is 4.38. The van der Waals surface area contributed by atoms with Crippen LogP contribution < -0.4 is 0 Å². The van der Waals surface area contributed by atoms with Crippen molar-refractivity contribution in [3.8, 4) is 5.75 Å². The van der Waals surface area contributed by atoms with E-state index in [1.165, 1.54) is 95.5 Å². The summed E-state index contributed by atoms with van der Waals surface area (Å²) in [7, 11) is 0. The number of rotatable bonds is 15. The van der Waals surface area contributed by atoms with Crippen molar-refractivity contribution in [2.45, 2.75) is 108 Å². The van der Waals surface area contributed by atoms with Crippen LogP contribution in [0.2, 0.25) is 0 Å². The first-order valence-electron chi connectivity index (χ1n) is 10.3. The third-order valence-corrected chi connectivity index (χ3v) is 5.41. The molecule has 24 heavy (non-hydrogen) atoms. The number of phenols is 1. The van der Waals surface area contributed by atoms with Crippen molar-refractivity contribution in [1.82, 2.24) is 0 Å². The summed E-state index contributed by atoms with van der Waals surface area (Å²) in [5.41, 5.74) is 1.18. The van der Waals surface area contributed by atoms with Gasteiger partial charge in [-0.05, 0) is 24.5 Å². The molecular weight excluding hydrogens is 312 g/mol. The van der Waals surface area contributed by atoms with Crippen LogP contribution in [0.3, 0.4) is 0 Å². The molecule has 0 aliphatic rings. The topological polar surface area (TPSA) is 20.2 Å². The highest BCUT2D eigenvalue weighted by atomic mass is 32.1. The van der Waals surface area contributed by atoms with Gasteiger partial charge in [-0.15, -0.1) is 12.6 Å². The van der Waals surface area contributed by atoms with Crippen LogP contribution in [-0.2, 0) is 6.42 Å². The molecule has 0 saturated carbocycles. The number of benzene rings is 1. The molecule has 0 unspecified atom stereocenters. The van der Waals surface area contributed by atoms with Crippen LogP contribution in [0.1, 0.15) is 102 Å². The number of thiol groups is 1. The molecule has 0 saturated heterocycles. The second-order valence-corrected chi connectivity index (χ2v) is 7.58. The Morgan fingerprint density at radius 3 is 1.67 bits per heavy atom. The molecule has 1 rings (SSSR count). The van der Waals surface area contributed by atoms with E-state index in [-0.39, 0.29) is 0 Å². The molecule has 138 valence electrons. The molecule has 0 fully saturated rings. The SMILES string of the molecule is CCCCCCCCCCCCCCCCc1cccc(O)c1S. The van der Waals surface area contributed by atoms with E-state index in [2.05, 4.69) is 25.6 Å². The van der Waals surface area contributed by atoms with Crippen LogP contribution in [0.4, 0.5) is 0 Å². The highest BCUT2D eigenvalue weighted by Gasteiger charge is 2.03. The number of hydrogen-bond donors (Lipinski definition) is 2. The number of aryl methyl sites for hydroxylation is 1. The molecule has 0 bridgehead atoms. The zero-order valence-corrected chi connectivity index (χ0v) is 16.6. The predicted octanol–water partition coefficient (Wildman–Crippen LogP) is 7.70. The molecule has 1 aromatic carbocycles. The number of unbranched alkanes of at least 4 members (excludes halogenated alkanes) is 13. The van der Waals surface area contributed by atoms with E-state index in [1.54, 1.807) is 6.07 Å². The lowest BCUT2D eigenvalue weighted by molar-refractivity contribution is 0.460. The van der Waals surface area contributed by atoms with Crippen molar-refractivity contribution in [1.29, 1.82) is 0 Å². The molecular formula is C22H38OS. The Kier molecular flexibility index (Phi) is 13.1. The minimum atomic E-state index is 0.307. The second-order valence-electron chi connectivity index (χ2n) is 7.13. The van der Waals surface area contributed by atoms with Crippen molar-refractivity contribution in [3.05, 3.63) is 23.8 Å². The third-order valence-electron chi connectivity index (χ3n) is 4.90. The lowest BCUT2D eigenvalue weighted by Crippen LogP contribution is -1.89. The smallest absolute Gasteiger partial charge is 0.129 e. The van der Waals surface area contributed by atoms with Gasteiger partial charge in [0.1, 0.15) is 5.75 Å². The van der Waals surface area contributed by atoms with Crippen molar-refractivity contribution < 1.29 is 5.11 Å². The summed E-state index contributed by atoms with van der Waals surface area (Å²) in [5.74, 6) is 0.307. The predicted molar refractivity (Wildman–Crippen MR) is 109 cm³/mol. The Morgan fingerprint density at radius 2 is 1.17 bits per heavy atom. The van der Waals surface area contributed by atoms with Gasteiger partial charge in [0.2, 0.25) is 0 Å². The van der Waals surface area contributed by atoms with Gasteiger partial charge in [-0.1, -0.05) is 103 Å². The van der Waals surface area contributed by atoms with Gasteiger partial charge < -0.3 is 5.11 Å². The van der Waals surface area contributed by atoms with Crippen molar-refractivity contribution in [2.75, 3.05) is 0 Å². The normalized spacial score (nSPS) is 11.1. The van der Waals surface area contributed by atoms with E-state index in [9.17, 15) is 5.11 Å². The number of aromatic hydroxyl groups is 1. The first-order chi connectivity index (χ1) is 11.8. The molecule has 0 amide bonds. The van der Waals surface area contributed by atoms with Gasteiger partial charge in [0.25, 0.3) is 0 Å². The zero-order chi connectivity index (χ0) is 17.5. The van der Waals surface area contributed by atoms with Crippen LogP contribution >= 0.6 is 12.6 Å². The van der Waals surface area contributed by atoms with Crippen LogP contribution in [0.5, 0.6) is 5.75 Å². The summed E-state index contributed by atoms with van der Waals surface area (Å²) in [5, 5.41) is 9.64. The minimum Gasteiger partial charge on any atom is -0.507 e. The standard InChI is InChI=1S/C22H38OS/c1-2-3-4-5-6-7-8-9-10-11-12-13-14-15-17-20-18-16-19-21(23)22(20)24/h16,18-19,23-24H,2-15,17H2,1H3. The lowest BCUT2D eigenvalue weighted by atomic mass is 10.0. The molecule has 2 heteroatoms. The lowest BCUT2D eigenvalue weighted by Gasteiger charge is -2.06. The van der Waals surface area contributed by atoms with Crippen molar-refractivity contribution >= 4 is 12.6 Å². The van der Waals surface area contributed by atoms with E-state index in [0.717, 1.165) is 11.3 Å². The van der Waals surface area contributed by atoms with Gasteiger partial charge in [0.05, 0.1) is 0 Å². The number of phenolic OH excluding ortho intramolecular Hbond substituents is 1. The fraction of sp³-hybridized carbons (Fsp3) is 0.727. The maximum atomic E-state index is 9.64. The molecule has 0 radical (unpaired) electrons. The van der Waals surface area contributed by atoms with Crippen LogP contribution in [0.15, 0.2) is 23.1 Å². The van der Waals surface area contributed by atoms with Gasteiger partial charge in [0.15, 0.2) is 0 Å². The fourth-order valence-corrected chi connectivity index (χ4v) is 3.55. The molecule has 1 N–H and O–H groups in total. The van der Waals surface area contributed by atoms with Gasteiger partial charge in [-0.25, -0.2) is 0 Å². The van der Waals surface area contributed by atoms with Crippen LogP contribution in [0.25, 0.3) is 0 Å².